The van der Waals surface area contributed by atoms with E-state index in [2.05, 4.69) is 51.8 Å². The quantitative estimate of drug-likeness (QED) is 0.783. The summed E-state index contributed by atoms with van der Waals surface area (Å²) in [5.74, 6) is 1.55. The second kappa shape index (κ2) is 12.1. The normalized spacial score (nSPS) is 20.1. The first-order valence-corrected chi connectivity index (χ1v) is 9.73. The minimum atomic E-state index is -0.184. The fourth-order valence-electron chi connectivity index (χ4n) is 2.33. The minimum absolute atomic E-state index is 0.0626. The molecule has 0 spiro atoms. The number of nitrogens with zero attached hydrogens (tertiary/aromatic N) is 1. The third-order valence-corrected chi connectivity index (χ3v) is 3.43. The molecule has 0 radical (unpaired) electrons. The van der Waals surface area contributed by atoms with Crippen LogP contribution < -0.4 is 5.32 Å². The van der Waals surface area contributed by atoms with Crippen LogP contribution in [0.25, 0.3) is 0 Å². The Morgan fingerprint density at radius 2 is 1.62 bits per heavy atom. The molecule has 1 aromatic rings. The molecule has 4 heteroatoms. The Balaban J connectivity index is 0.000000662. The Morgan fingerprint density at radius 3 is 2.08 bits per heavy atom. The van der Waals surface area contributed by atoms with Crippen LogP contribution in [0.15, 0.2) is 18.2 Å². The second-order valence-electron chi connectivity index (χ2n) is 8.56. The Bertz CT molecular complexity index is 531. The number of rotatable bonds is 2. The van der Waals surface area contributed by atoms with Crippen molar-refractivity contribution >= 4 is 5.91 Å². The van der Waals surface area contributed by atoms with Crippen LogP contribution >= 0.6 is 0 Å². The summed E-state index contributed by atoms with van der Waals surface area (Å²) in [6, 6.07) is 5.15. The molecule has 0 aromatic heterocycles. The molecule has 3 nitrogen and oxygen atoms in total. The Morgan fingerprint density at radius 1 is 1.12 bits per heavy atom. The average Bonchev–Trinajstić information content (AvgIpc) is 2.47. The zero-order chi connectivity index (χ0) is 20.4. The monoisotopic (exact) mass is 366 g/mol. The number of hydrogen-bond donors (Lipinski definition) is 1. The lowest BCUT2D eigenvalue weighted by Crippen LogP contribution is -2.57. The number of hydrogen-bond acceptors (Lipinski definition) is 2. The van der Waals surface area contributed by atoms with Crippen LogP contribution in [0.2, 0.25) is 0 Å². The molecule has 0 aliphatic carbocycles. The summed E-state index contributed by atoms with van der Waals surface area (Å²) in [5.41, 5.74) is 1.69. The largest absolute Gasteiger partial charge is 0.351 e. The van der Waals surface area contributed by atoms with Crippen LogP contribution in [0.5, 0.6) is 0 Å². The highest BCUT2D eigenvalue weighted by Crippen LogP contribution is 2.15. The van der Waals surface area contributed by atoms with Gasteiger partial charge in [0.25, 0.3) is 0 Å². The highest BCUT2D eigenvalue weighted by Gasteiger charge is 2.28. The van der Waals surface area contributed by atoms with Crippen LogP contribution in [0.1, 0.15) is 66.5 Å². The van der Waals surface area contributed by atoms with E-state index in [1.54, 1.807) is 13.0 Å². The summed E-state index contributed by atoms with van der Waals surface area (Å²) in [7, 11) is 0. The lowest BCUT2D eigenvalue weighted by atomic mass is 10.1. The minimum Gasteiger partial charge on any atom is -0.351 e. The van der Waals surface area contributed by atoms with Crippen molar-refractivity contribution in [3.63, 3.8) is 0 Å². The smallest absolute Gasteiger partial charge is 0.237 e. The van der Waals surface area contributed by atoms with Crippen LogP contribution in [-0.4, -0.2) is 29.4 Å². The zero-order valence-corrected chi connectivity index (χ0v) is 18.2. The number of benzene rings is 1. The van der Waals surface area contributed by atoms with Crippen molar-refractivity contribution in [1.29, 1.82) is 0 Å². The Hall–Kier alpha value is -1.42. The van der Waals surface area contributed by atoms with Gasteiger partial charge in [0, 0.05) is 19.1 Å². The van der Waals surface area contributed by atoms with Gasteiger partial charge in [-0.3, -0.25) is 9.69 Å². The molecule has 150 valence electrons. The lowest BCUT2D eigenvalue weighted by molar-refractivity contribution is -0.130. The molecular formula is C22H39FN2O. The topological polar surface area (TPSA) is 32.3 Å². The third kappa shape index (κ3) is 10.5. The van der Waals surface area contributed by atoms with Crippen molar-refractivity contribution in [3.05, 3.63) is 35.1 Å². The number of nitrogens with one attached hydrogen (secondary N) is 1. The summed E-state index contributed by atoms with van der Waals surface area (Å²) in [5, 5.41) is 2.92. The van der Waals surface area contributed by atoms with Crippen molar-refractivity contribution < 1.29 is 9.18 Å². The highest BCUT2D eigenvalue weighted by atomic mass is 19.1. The molecule has 2 rings (SSSR count). The van der Waals surface area contributed by atoms with Crippen LogP contribution in [-0.2, 0) is 11.3 Å². The number of amides is 1. The zero-order valence-electron chi connectivity index (χ0n) is 18.2. The molecule has 1 N–H and O–H groups in total. The first kappa shape index (κ1) is 24.6. The van der Waals surface area contributed by atoms with E-state index in [0.29, 0.717) is 12.1 Å². The molecule has 1 aliphatic heterocycles. The predicted molar refractivity (Wildman–Crippen MR) is 110 cm³/mol. The van der Waals surface area contributed by atoms with Crippen LogP contribution in [0.3, 0.4) is 0 Å². The molecule has 0 bridgehead atoms. The number of aryl methyl sites for hydroxylation is 1. The van der Waals surface area contributed by atoms with E-state index < -0.39 is 0 Å². The summed E-state index contributed by atoms with van der Waals surface area (Å²) >= 11 is 0. The molecule has 0 saturated carbocycles. The van der Waals surface area contributed by atoms with Gasteiger partial charge in [0.05, 0.1) is 6.04 Å². The third-order valence-electron chi connectivity index (χ3n) is 3.43. The standard InChI is InChI=1S/C14H19FN2O.2C4H10/c1-9-6-12(4-5-13(9)15)8-17-7-10(2)16-14(18)11(17)3;2*1-4(2)3/h4-6,10-11H,7-8H2,1-3H3,(H,16,18);2*4H,1-3H3. The molecular weight excluding hydrogens is 327 g/mol. The van der Waals surface area contributed by atoms with E-state index in [1.807, 2.05) is 19.9 Å². The maximum absolute atomic E-state index is 13.2. The van der Waals surface area contributed by atoms with E-state index in [1.165, 1.54) is 6.07 Å². The molecule has 2 unspecified atom stereocenters. The molecule has 1 fully saturated rings. The molecule has 1 aromatic carbocycles. The molecule has 1 saturated heterocycles. The van der Waals surface area contributed by atoms with Gasteiger partial charge in [-0.15, -0.1) is 0 Å². The van der Waals surface area contributed by atoms with Crippen LogP contribution in [0.4, 0.5) is 4.39 Å². The Labute approximate surface area is 160 Å². The van der Waals surface area contributed by atoms with E-state index >= 15 is 0 Å². The average molecular weight is 367 g/mol. The van der Waals surface area contributed by atoms with Gasteiger partial charge in [-0.1, -0.05) is 53.7 Å². The van der Waals surface area contributed by atoms with E-state index in [-0.39, 0.29) is 23.8 Å². The summed E-state index contributed by atoms with van der Waals surface area (Å²) in [6.07, 6.45) is 0. The number of carbonyl (C=O) groups excluding carboxylic acids is 1. The fourth-order valence-corrected chi connectivity index (χ4v) is 2.33. The Kier molecular flexibility index (Phi) is 11.4. The number of carbonyl (C=O) groups is 1. The highest BCUT2D eigenvalue weighted by molar-refractivity contribution is 5.82. The first-order chi connectivity index (χ1) is 11.9. The van der Waals surface area contributed by atoms with Crippen molar-refractivity contribution in [2.75, 3.05) is 6.54 Å². The van der Waals surface area contributed by atoms with Crippen LogP contribution in [0, 0.1) is 24.6 Å². The van der Waals surface area contributed by atoms with Gasteiger partial charge in [0.15, 0.2) is 0 Å². The maximum Gasteiger partial charge on any atom is 0.237 e. The molecule has 2 atom stereocenters. The van der Waals surface area contributed by atoms with Gasteiger partial charge in [-0.25, -0.2) is 4.39 Å². The van der Waals surface area contributed by atoms with Crippen molar-refractivity contribution in [1.82, 2.24) is 10.2 Å². The van der Waals surface area contributed by atoms with Gasteiger partial charge in [0.1, 0.15) is 5.82 Å². The maximum atomic E-state index is 13.2. The lowest BCUT2D eigenvalue weighted by Gasteiger charge is -2.36. The molecule has 26 heavy (non-hydrogen) atoms. The molecule has 1 heterocycles. The van der Waals surface area contributed by atoms with E-state index in [9.17, 15) is 9.18 Å². The predicted octanol–water partition coefficient (Wildman–Crippen LogP) is 5.17. The summed E-state index contributed by atoms with van der Waals surface area (Å²) in [4.78, 5) is 13.8. The van der Waals surface area contributed by atoms with Crippen molar-refractivity contribution in [2.24, 2.45) is 11.8 Å². The van der Waals surface area contributed by atoms with E-state index in [0.717, 1.165) is 23.9 Å². The molecule has 1 amide bonds. The van der Waals surface area contributed by atoms with Crippen molar-refractivity contribution in [2.45, 2.75) is 80.9 Å². The number of halogens is 1. The van der Waals surface area contributed by atoms with Gasteiger partial charge < -0.3 is 5.32 Å². The molecule has 1 aliphatic rings. The second-order valence-corrected chi connectivity index (χ2v) is 8.56. The first-order valence-electron chi connectivity index (χ1n) is 9.73. The number of piperazine rings is 1. The SMILES string of the molecule is CC(C)C.CC(C)C.Cc1cc(CN2CC(C)NC(=O)C2C)ccc1F. The fraction of sp³-hybridized carbons (Fsp3) is 0.682. The van der Waals surface area contributed by atoms with Gasteiger partial charge in [0.2, 0.25) is 5.91 Å². The summed E-state index contributed by atoms with van der Waals surface area (Å²) in [6.45, 7) is 20.2. The van der Waals surface area contributed by atoms with E-state index in [4.69, 9.17) is 0 Å². The summed E-state index contributed by atoms with van der Waals surface area (Å²) < 4.78 is 13.2. The van der Waals surface area contributed by atoms with Gasteiger partial charge in [-0.05, 0) is 49.8 Å². The van der Waals surface area contributed by atoms with Crippen molar-refractivity contribution in [3.8, 4) is 0 Å². The van der Waals surface area contributed by atoms with Gasteiger partial charge in [-0.2, -0.15) is 0 Å². The van der Waals surface area contributed by atoms with Gasteiger partial charge >= 0.3 is 0 Å².